The summed E-state index contributed by atoms with van der Waals surface area (Å²) in [6.07, 6.45) is -4.45. The molecule has 0 unspecified atom stereocenters. The van der Waals surface area contributed by atoms with Gasteiger partial charge in [-0.1, -0.05) is 13.8 Å². The summed E-state index contributed by atoms with van der Waals surface area (Å²) in [5.41, 5.74) is 4.26. The van der Waals surface area contributed by atoms with Crippen LogP contribution in [-0.4, -0.2) is 5.91 Å². The molecular formula is C11H14F3NO. The summed E-state index contributed by atoms with van der Waals surface area (Å²) in [6, 6.07) is 3.03. The molecule has 1 aromatic carbocycles. The van der Waals surface area contributed by atoms with Gasteiger partial charge in [0.1, 0.15) is 0 Å². The van der Waals surface area contributed by atoms with E-state index in [-0.39, 0.29) is 5.56 Å². The van der Waals surface area contributed by atoms with Crippen LogP contribution in [0, 0.1) is 6.92 Å². The number of benzene rings is 1. The van der Waals surface area contributed by atoms with Crippen molar-refractivity contribution in [3.8, 4) is 0 Å². The molecule has 1 rings (SSSR count). The maximum atomic E-state index is 12.3. The molecule has 0 aliphatic carbocycles. The average Bonchev–Trinajstić information content (AvgIpc) is 2.18. The van der Waals surface area contributed by atoms with Gasteiger partial charge in [0.2, 0.25) is 5.91 Å². The Labute approximate surface area is 92.3 Å². The molecule has 0 aliphatic rings. The van der Waals surface area contributed by atoms with Gasteiger partial charge in [0.15, 0.2) is 0 Å². The van der Waals surface area contributed by atoms with E-state index in [1.807, 2.05) is 13.8 Å². The fourth-order valence-electron chi connectivity index (χ4n) is 1.09. The van der Waals surface area contributed by atoms with E-state index < -0.39 is 17.6 Å². The highest BCUT2D eigenvalue weighted by Crippen LogP contribution is 2.30. The molecule has 0 bridgehead atoms. The van der Waals surface area contributed by atoms with Crippen molar-refractivity contribution in [3.05, 3.63) is 34.9 Å². The fraction of sp³-hybridized carbons (Fsp3) is 0.364. The minimum absolute atomic E-state index is 0.127. The number of hydrogen-bond acceptors (Lipinski definition) is 1. The van der Waals surface area contributed by atoms with Crippen molar-refractivity contribution in [1.82, 2.24) is 0 Å². The third-order valence-corrected chi connectivity index (χ3v) is 1.69. The lowest BCUT2D eigenvalue weighted by Crippen LogP contribution is -2.14. The first kappa shape index (κ1) is 14.5. The predicted molar refractivity (Wildman–Crippen MR) is 56.0 cm³/mol. The van der Waals surface area contributed by atoms with Gasteiger partial charge in [-0.3, -0.25) is 4.79 Å². The summed E-state index contributed by atoms with van der Waals surface area (Å²) in [4.78, 5) is 10.7. The molecule has 1 amide bonds. The van der Waals surface area contributed by atoms with Gasteiger partial charge in [-0.15, -0.1) is 0 Å². The number of aryl methyl sites for hydroxylation is 1. The van der Waals surface area contributed by atoms with Crippen LogP contribution in [0.4, 0.5) is 13.2 Å². The molecule has 2 nitrogen and oxygen atoms in total. The normalized spacial score (nSPS) is 10.4. The van der Waals surface area contributed by atoms with E-state index in [9.17, 15) is 18.0 Å². The average molecular weight is 233 g/mol. The number of carbonyl (C=O) groups is 1. The number of carbonyl (C=O) groups excluding carboxylic acids is 1. The Balaban J connectivity index is 0.00000106. The molecule has 0 aromatic heterocycles. The Morgan fingerprint density at radius 3 is 2.06 bits per heavy atom. The zero-order valence-corrected chi connectivity index (χ0v) is 9.35. The molecular weight excluding hydrogens is 219 g/mol. The number of rotatable bonds is 1. The highest BCUT2D eigenvalue weighted by atomic mass is 19.4. The Morgan fingerprint density at radius 2 is 1.69 bits per heavy atom. The molecule has 5 heteroatoms. The SMILES string of the molecule is CC.Cc1cc(C(N)=O)cc(C(F)(F)F)c1. The lowest BCUT2D eigenvalue weighted by atomic mass is 10.1. The largest absolute Gasteiger partial charge is 0.416 e. The van der Waals surface area contributed by atoms with Gasteiger partial charge >= 0.3 is 6.18 Å². The topological polar surface area (TPSA) is 43.1 Å². The molecule has 0 saturated carbocycles. The van der Waals surface area contributed by atoms with Gasteiger partial charge in [-0.25, -0.2) is 0 Å². The summed E-state index contributed by atoms with van der Waals surface area (Å²) in [5.74, 6) is -0.862. The summed E-state index contributed by atoms with van der Waals surface area (Å²) in [6.45, 7) is 5.47. The van der Waals surface area contributed by atoms with E-state index in [0.29, 0.717) is 5.56 Å². The first-order valence-electron chi connectivity index (χ1n) is 4.79. The van der Waals surface area contributed by atoms with Crippen LogP contribution in [0.1, 0.15) is 35.3 Å². The highest BCUT2D eigenvalue weighted by molar-refractivity contribution is 5.93. The molecule has 0 heterocycles. The predicted octanol–water partition coefficient (Wildman–Crippen LogP) is 3.14. The van der Waals surface area contributed by atoms with E-state index >= 15 is 0 Å². The minimum atomic E-state index is -4.45. The van der Waals surface area contributed by atoms with Crippen LogP contribution in [0.3, 0.4) is 0 Å². The second-order valence-electron chi connectivity index (χ2n) is 2.95. The van der Waals surface area contributed by atoms with Gasteiger partial charge in [0.05, 0.1) is 5.56 Å². The monoisotopic (exact) mass is 233 g/mol. The smallest absolute Gasteiger partial charge is 0.366 e. The van der Waals surface area contributed by atoms with Crippen molar-refractivity contribution in [2.75, 3.05) is 0 Å². The number of nitrogens with two attached hydrogens (primary N) is 1. The molecule has 1 aromatic rings. The van der Waals surface area contributed by atoms with E-state index in [4.69, 9.17) is 5.73 Å². The third-order valence-electron chi connectivity index (χ3n) is 1.69. The molecule has 0 atom stereocenters. The number of amides is 1. The van der Waals surface area contributed by atoms with Crippen molar-refractivity contribution in [2.45, 2.75) is 26.9 Å². The first-order chi connectivity index (χ1) is 7.30. The van der Waals surface area contributed by atoms with Crippen molar-refractivity contribution in [1.29, 1.82) is 0 Å². The van der Waals surface area contributed by atoms with Crippen molar-refractivity contribution in [2.24, 2.45) is 5.73 Å². The maximum absolute atomic E-state index is 12.3. The number of primary amides is 1. The molecule has 0 radical (unpaired) electrons. The van der Waals surface area contributed by atoms with Crippen molar-refractivity contribution in [3.63, 3.8) is 0 Å². The van der Waals surface area contributed by atoms with Crippen LogP contribution in [0.2, 0.25) is 0 Å². The van der Waals surface area contributed by atoms with Gasteiger partial charge < -0.3 is 5.73 Å². The second-order valence-corrected chi connectivity index (χ2v) is 2.95. The Kier molecular flexibility index (Phi) is 5.01. The number of halogens is 3. The molecule has 0 spiro atoms. The van der Waals surface area contributed by atoms with Gasteiger partial charge in [-0.05, 0) is 30.7 Å². The Bertz CT molecular complexity index is 372. The maximum Gasteiger partial charge on any atom is 0.416 e. The van der Waals surface area contributed by atoms with Crippen LogP contribution in [0.5, 0.6) is 0 Å². The van der Waals surface area contributed by atoms with Gasteiger partial charge in [0.25, 0.3) is 0 Å². The van der Waals surface area contributed by atoms with Crippen molar-refractivity contribution < 1.29 is 18.0 Å². The van der Waals surface area contributed by atoms with Gasteiger partial charge in [-0.2, -0.15) is 13.2 Å². The summed E-state index contributed by atoms with van der Waals surface area (Å²) in [5, 5.41) is 0. The van der Waals surface area contributed by atoms with Crippen LogP contribution in [0.25, 0.3) is 0 Å². The van der Waals surface area contributed by atoms with Crippen LogP contribution in [0.15, 0.2) is 18.2 Å². The molecule has 0 aliphatic heterocycles. The van der Waals surface area contributed by atoms with E-state index in [0.717, 1.165) is 12.1 Å². The summed E-state index contributed by atoms with van der Waals surface area (Å²) in [7, 11) is 0. The standard InChI is InChI=1S/C9H8F3NO.C2H6/c1-5-2-6(8(13)14)4-7(3-5)9(10,11)12;1-2/h2-4H,1H3,(H2,13,14);1-2H3. The van der Waals surface area contributed by atoms with Crippen LogP contribution < -0.4 is 5.73 Å². The molecule has 16 heavy (non-hydrogen) atoms. The van der Waals surface area contributed by atoms with Crippen molar-refractivity contribution >= 4 is 5.91 Å². The number of alkyl halides is 3. The lowest BCUT2D eigenvalue weighted by Gasteiger charge is -2.08. The zero-order valence-electron chi connectivity index (χ0n) is 9.35. The Hall–Kier alpha value is -1.52. The van der Waals surface area contributed by atoms with Crippen LogP contribution >= 0.6 is 0 Å². The molecule has 2 N–H and O–H groups in total. The summed E-state index contributed by atoms with van der Waals surface area (Å²) < 4.78 is 36.8. The number of hydrogen-bond donors (Lipinski definition) is 1. The lowest BCUT2D eigenvalue weighted by molar-refractivity contribution is -0.137. The van der Waals surface area contributed by atoms with E-state index in [2.05, 4.69) is 0 Å². The molecule has 0 fully saturated rings. The van der Waals surface area contributed by atoms with E-state index in [1.54, 1.807) is 0 Å². The summed E-state index contributed by atoms with van der Waals surface area (Å²) >= 11 is 0. The molecule has 90 valence electrons. The Morgan fingerprint density at radius 1 is 1.19 bits per heavy atom. The zero-order chi connectivity index (χ0) is 12.9. The fourth-order valence-corrected chi connectivity index (χ4v) is 1.09. The quantitative estimate of drug-likeness (QED) is 0.795. The first-order valence-corrected chi connectivity index (χ1v) is 4.79. The second kappa shape index (κ2) is 5.53. The molecule has 0 saturated heterocycles. The minimum Gasteiger partial charge on any atom is -0.366 e. The third kappa shape index (κ3) is 3.92. The highest BCUT2D eigenvalue weighted by Gasteiger charge is 2.31. The van der Waals surface area contributed by atoms with Gasteiger partial charge in [0, 0.05) is 5.56 Å². The van der Waals surface area contributed by atoms with E-state index in [1.165, 1.54) is 13.0 Å². The van der Waals surface area contributed by atoms with Crippen LogP contribution in [-0.2, 0) is 6.18 Å².